The quantitative estimate of drug-likeness (QED) is 0.477. The topological polar surface area (TPSA) is 104 Å². The van der Waals surface area contributed by atoms with Gasteiger partial charge in [0.25, 0.3) is 5.91 Å². The fourth-order valence-electron chi connectivity index (χ4n) is 2.42. The molecule has 1 aromatic rings. The predicted molar refractivity (Wildman–Crippen MR) is 71.9 cm³/mol. The number of methoxy groups -OCH3 is 1. The lowest BCUT2D eigenvalue weighted by atomic mass is 9.93. The number of nitrogens with one attached hydrogen (secondary N) is 1. The Morgan fingerprint density at radius 3 is 3.00 bits per heavy atom. The maximum Gasteiger partial charge on any atom is 0.283 e. The lowest BCUT2D eigenvalue weighted by molar-refractivity contribution is -0.115. The SMILES string of the molecule is COc1cc(C2ON=C(C(=O)NN)C2C)cc2c1OCO2. The molecule has 0 aliphatic carbocycles. The fraction of sp³-hybridized carbons (Fsp3) is 0.385. The molecular weight excluding hydrogens is 278 g/mol. The van der Waals surface area contributed by atoms with E-state index >= 15 is 0 Å². The largest absolute Gasteiger partial charge is 0.493 e. The number of amides is 1. The van der Waals surface area contributed by atoms with Gasteiger partial charge in [0.05, 0.1) is 13.0 Å². The summed E-state index contributed by atoms with van der Waals surface area (Å²) in [5, 5.41) is 3.81. The molecule has 1 aromatic carbocycles. The van der Waals surface area contributed by atoms with Gasteiger partial charge in [-0.05, 0) is 12.1 Å². The van der Waals surface area contributed by atoms with Crippen molar-refractivity contribution in [1.82, 2.24) is 5.43 Å². The number of benzene rings is 1. The molecule has 1 amide bonds. The van der Waals surface area contributed by atoms with Crippen LogP contribution in [0.4, 0.5) is 0 Å². The average molecular weight is 293 g/mol. The highest BCUT2D eigenvalue weighted by atomic mass is 16.7. The van der Waals surface area contributed by atoms with Crippen molar-refractivity contribution in [3.05, 3.63) is 17.7 Å². The number of carbonyl (C=O) groups excluding carboxylic acids is 1. The van der Waals surface area contributed by atoms with Crippen LogP contribution in [0.15, 0.2) is 17.3 Å². The molecule has 8 heteroatoms. The maximum absolute atomic E-state index is 11.6. The lowest BCUT2D eigenvalue weighted by Crippen LogP contribution is -2.38. The first-order valence-electron chi connectivity index (χ1n) is 6.38. The zero-order chi connectivity index (χ0) is 15.0. The molecule has 0 aromatic heterocycles. The first-order chi connectivity index (χ1) is 10.2. The van der Waals surface area contributed by atoms with E-state index in [0.717, 1.165) is 5.56 Å². The fourth-order valence-corrected chi connectivity index (χ4v) is 2.42. The standard InChI is InChI=1S/C13H15N3O5/c1-6-10(13(17)15-14)16-21-11(6)7-3-8(18-2)12-9(4-7)19-5-20-12/h3-4,6,11H,5,14H2,1-2H3,(H,15,17). The molecule has 2 aliphatic heterocycles. The third-order valence-electron chi connectivity index (χ3n) is 3.52. The smallest absolute Gasteiger partial charge is 0.283 e. The van der Waals surface area contributed by atoms with E-state index in [0.29, 0.717) is 17.2 Å². The second-order valence-electron chi connectivity index (χ2n) is 4.72. The summed E-state index contributed by atoms with van der Waals surface area (Å²) in [6.45, 7) is 1.98. The van der Waals surface area contributed by atoms with Crippen molar-refractivity contribution in [2.75, 3.05) is 13.9 Å². The van der Waals surface area contributed by atoms with Crippen LogP contribution in [0.25, 0.3) is 0 Å². The molecule has 112 valence electrons. The van der Waals surface area contributed by atoms with Gasteiger partial charge in [0.2, 0.25) is 12.5 Å². The minimum absolute atomic E-state index is 0.146. The third kappa shape index (κ3) is 2.13. The predicted octanol–water partition coefficient (Wildman–Crippen LogP) is 0.477. The van der Waals surface area contributed by atoms with Crippen LogP contribution in [-0.4, -0.2) is 25.5 Å². The van der Waals surface area contributed by atoms with Crippen LogP contribution >= 0.6 is 0 Å². The van der Waals surface area contributed by atoms with Crippen LogP contribution in [0, 0.1) is 5.92 Å². The summed E-state index contributed by atoms with van der Waals surface area (Å²) in [5.74, 6) is 6.11. The molecule has 3 rings (SSSR count). The summed E-state index contributed by atoms with van der Waals surface area (Å²) in [6, 6.07) is 3.58. The molecule has 2 atom stereocenters. The van der Waals surface area contributed by atoms with Gasteiger partial charge in [-0.1, -0.05) is 12.1 Å². The minimum atomic E-state index is -0.460. The first kappa shape index (κ1) is 13.5. The Balaban J connectivity index is 1.91. The summed E-state index contributed by atoms with van der Waals surface area (Å²) >= 11 is 0. The van der Waals surface area contributed by atoms with Gasteiger partial charge in [-0.2, -0.15) is 0 Å². The highest BCUT2D eigenvalue weighted by Gasteiger charge is 2.37. The van der Waals surface area contributed by atoms with Gasteiger partial charge in [0.1, 0.15) is 0 Å². The second-order valence-corrected chi connectivity index (χ2v) is 4.72. The molecule has 0 radical (unpaired) electrons. The Morgan fingerprint density at radius 1 is 1.48 bits per heavy atom. The number of nitrogens with two attached hydrogens (primary N) is 1. The average Bonchev–Trinajstić information content (AvgIpc) is 3.11. The molecule has 0 fully saturated rings. The molecule has 0 spiro atoms. The lowest BCUT2D eigenvalue weighted by Gasteiger charge is -2.16. The molecule has 21 heavy (non-hydrogen) atoms. The van der Waals surface area contributed by atoms with Crippen molar-refractivity contribution in [1.29, 1.82) is 0 Å². The van der Waals surface area contributed by atoms with Crippen molar-refractivity contribution >= 4 is 11.6 Å². The number of hydrogen-bond donors (Lipinski definition) is 2. The number of hydrazine groups is 1. The summed E-state index contributed by atoms with van der Waals surface area (Å²) < 4.78 is 16.0. The third-order valence-corrected chi connectivity index (χ3v) is 3.52. The van der Waals surface area contributed by atoms with Crippen LogP contribution in [0.1, 0.15) is 18.6 Å². The van der Waals surface area contributed by atoms with Crippen LogP contribution in [0.2, 0.25) is 0 Å². The van der Waals surface area contributed by atoms with Gasteiger partial charge >= 0.3 is 0 Å². The summed E-state index contributed by atoms with van der Waals surface area (Å²) in [5.41, 5.74) is 3.09. The van der Waals surface area contributed by atoms with Crippen molar-refractivity contribution in [3.63, 3.8) is 0 Å². The molecular formula is C13H15N3O5. The Morgan fingerprint density at radius 2 is 2.29 bits per heavy atom. The van der Waals surface area contributed by atoms with Crippen molar-refractivity contribution in [3.8, 4) is 17.2 Å². The summed E-state index contributed by atoms with van der Waals surface area (Å²) in [7, 11) is 1.55. The summed E-state index contributed by atoms with van der Waals surface area (Å²) in [4.78, 5) is 17.0. The van der Waals surface area contributed by atoms with Gasteiger partial charge < -0.3 is 19.0 Å². The number of ether oxygens (including phenoxy) is 3. The zero-order valence-corrected chi connectivity index (χ0v) is 11.6. The van der Waals surface area contributed by atoms with E-state index in [9.17, 15) is 4.79 Å². The van der Waals surface area contributed by atoms with E-state index in [4.69, 9.17) is 24.9 Å². The Bertz CT molecular complexity index is 616. The van der Waals surface area contributed by atoms with Crippen LogP contribution in [-0.2, 0) is 9.63 Å². The molecule has 2 aliphatic rings. The molecule has 2 unspecified atom stereocenters. The van der Waals surface area contributed by atoms with Gasteiger partial charge in [0, 0.05) is 5.56 Å². The van der Waals surface area contributed by atoms with E-state index < -0.39 is 12.0 Å². The first-order valence-corrected chi connectivity index (χ1v) is 6.38. The number of fused-ring (bicyclic) bond motifs is 1. The van der Waals surface area contributed by atoms with Crippen LogP contribution in [0.5, 0.6) is 17.2 Å². The Hall–Kier alpha value is -2.48. The molecule has 0 bridgehead atoms. The van der Waals surface area contributed by atoms with Crippen LogP contribution < -0.4 is 25.5 Å². The summed E-state index contributed by atoms with van der Waals surface area (Å²) in [6.07, 6.45) is -0.416. The number of hydrogen-bond acceptors (Lipinski definition) is 7. The van der Waals surface area contributed by atoms with E-state index in [1.807, 2.05) is 6.92 Å². The number of carbonyl (C=O) groups is 1. The van der Waals surface area contributed by atoms with Crippen molar-refractivity contribution in [2.45, 2.75) is 13.0 Å². The van der Waals surface area contributed by atoms with Gasteiger partial charge in [0.15, 0.2) is 23.3 Å². The van der Waals surface area contributed by atoms with Gasteiger partial charge in [-0.15, -0.1) is 0 Å². The van der Waals surface area contributed by atoms with E-state index in [-0.39, 0.29) is 18.4 Å². The Labute approximate surface area is 120 Å². The zero-order valence-electron chi connectivity index (χ0n) is 11.6. The highest BCUT2D eigenvalue weighted by Crippen LogP contribution is 2.45. The van der Waals surface area contributed by atoms with Crippen molar-refractivity contribution in [2.24, 2.45) is 16.9 Å². The number of oxime groups is 1. The van der Waals surface area contributed by atoms with Crippen molar-refractivity contribution < 1.29 is 23.8 Å². The minimum Gasteiger partial charge on any atom is -0.493 e. The number of nitrogens with zero attached hydrogens (tertiary/aromatic N) is 1. The number of rotatable bonds is 3. The normalized spacial score (nSPS) is 22.5. The molecule has 2 heterocycles. The highest BCUT2D eigenvalue weighted by molar-refractivity contribution is 6.39. The second kappa shape index (κ2) is 5.13. The Kier molecular flexibility index (Phi) is 3.30. The molecule has 0 saturated carbocycles. The van der Waals surface area contributed by atoms with E-state index in [2.05, 4.69) is 10.6 Å². The molecule has 3 N–H and O–H groups in total. The van der Waals surface area contributed by atoms with Gasteiger partial charge in [-0.3, -0.25) is 10.2 Å². The van der Waals surface area contributed by atoms with Crippen LogP contribution in [0.3, 0.4) is 0 Å². The van der Waals surface area contributed by atoms with E-state index in [1.165, 1.54) is 0 Å². The molecule has 8 nitrogen and oxygen atoms in total. The maximum atomic E-state index is 11.6. The van der Waals surface area contributed by atoms with Gasteiger partial charge in [-0.25, -0.2) is 5.84 Å². The monoisotopic (exact) mass is 293 g/mol. The van der Waals surface area contributed by atoms with E-state index in [1.54, 1.807) is 19.2 Å². The molecule has 0 saturated heterocycles.